The summed E-state index contributed by atoms with van der Waals surface area (Å²) in [4.78, 5) is 26.4. The molecule has 2 heterocycles. The summed E-state index contributed by atoms with van der Waals surface area (Å²) in [5, 5.41) is 11.4. The number of pyridine rings is 1. The zero-order valence-electron chi connectivity index (χ0n) is 9.68. The minimum Gasteiger partial charge on any atom is -0.478 e. The number of hydrogen-bond acceptors (Lipinski definition) is 5. The van der Waals surface area contributed by atoms with Crippen molar-refractivity contribution < 1.29 is 19.1 Å². The molecule has 0 fully saturated rings. The zero-order chi connectivity index (χ0) is 14.0. The highest BCUT2D eigenvalue weighted by atomic mass is 32.1. The third kappa shape index (κ3) is 2.58. The van der Waals surface area contributed by atoms with E-state index in [9.17, 15) is 14.0 Å². The molecule has 0 saturated heterocycles. The normalized spacial score (nSPS) is 10.2. The van der Waals surface area contributed by atoms with Crippen LogP contribution in [0.5, 0.6) is 0 Å². The number of aryl methyl sites for hydroxylation is 1. The summed E-state index contributed by atoms with van der Waals surface area (Å²) in [6.07, 6.45) is 2.18. The van der Waals surface area contributed by atoms with Gasteiger partial charge in [0.1, 0.15) is 10.6 Å². The molecule has 8 heteroatoms. The number of anilines is 1. The summed E-state index contributed by atoms with van der Waals surface area (Å²) >= 11 is 0.832. The van der Waals surface area contributed by atoms with E-state index in [0.29, 0.717) is 5.69 Å². The van der Waals surface area contributed by atoms with Crippen molar-refractivity contribution in [2.45, 2.75) is 6.92 Å². The topological polar surface area (TPSA) is 92.2 Å². The Balaban J connectivity index is 2.30. The fourth-order valence-corrected chi connectivity index (χ4v) is 2.22. The average molecular weight is 281 g/mol. The third-order valence-electron chi connectivity index (χ3n) is 2.32. The minimum absolute atomic E-state index is 0.0752. The predicted molar refractivity (Wildman–Crippen MR) is 66.0 cm³/mol. The summed E-state index contributed by atoms with van der Waals surface area (Å²) in [6, 6.07) is 1.21. The number of carboxylic acid groups (broad SMARTS) is 1. The van der Waals surface area contributed by atoms with Crippen molar-refractivity contribution >= 4 is 28.4 Å². The van der Waals surface area contributed by atoms with Gasteiger partial charge in [0.15, 0.2) is 5.82 Å². The minimum atomic E-state index is -1.20. The molecule has 2 aromatic heterocycles. The fourth-order valence-electron chi connectivity index (χ4n) is 1.44. The lowest BCUT2D eigenvalue weighted by molar-refractivity contribution is 0.0697. The lowest BCUT2D eigenvalue weighted by Crippen LogP contribution is -2.15. The van der Waals surface area contributed by atoms with Crippen LogP contribution in [0.1, 0.15) is 26.4 Å². The zero-order valence-corrected chi connectivity index (χ0v) is 10.5. The van der Waals surface area contributed by atoms with Crippen LogP contribution in [0.4, 0.5) is 9.39 Å². The SMILES string of the molecule is Cc1nsc(NC(=O)c2ccncc2F)c1C(=O)O. The molecule has 0 aliphatic carbocycles. The molecule has 0 atom stereocenters. The summed E-state index contributed by atoms with van der Waals surface area (Å²) < 4.78 is 17.2. The van der Waals surface area contributed by atoms with Crippen molar-refractivity contribution in [2.24, 2.45) is 0 Å². The molecule has 0 aliphatic heterocycles. The molecule has 2 N–H and O–H groups in total. The lowest BCUT2D eigenvalue weighted by atomic mass is 10.2. The Hall–Kier alpha value is -2.35. The van der Waals surface area contributed by atoms with Crippen LogP contribution >= 0.6 is 11.5 Å². The lowest BCUT2D eigenvalue weighted by Gasteiger charge is -2.04. The quantitative estimate of drug-likeness (QED) is 0.896. The molecule has 0 aromatic carbocycles. The van der Waals surface area contributed by atoms with Gasteiger partial charge in [-0.25, -0.2) is 9.18 Å². The first-order valence-corrected chi connectivity index (χ1v) is 5.88. The van der Waals surface area contributed by atoms with Gasteiger partial charge < -0.3 is 10.4 Å². The highest BCUT2D eigenvalue weighted by molar-refractivity contribution is 7.11. The molecule has 0 aliphatic rings. The van der Waals surface area contributed by atoms with Gasteiger partial charge in [-0.2, -0.15) is 4.37 Å². The maximum atomic E-state index is 13.4. The molecule has 6 nitrogen and oxygen atoms in total. The first-order chi connectivity index (χ1) is 9.00. The van der Waals surface area contributed by atoms with Crippen LogP contribution in [-0.2, 0) is 0 Å². The second-order valence-electron chi connectivity index (χ2n) is 3.59. The van der Waals surface area contributed by atoms with Gasteiger partial charge in [-0.05, 0) is 24.5 Å². The van der Waals surface area contributed by atoms with Gasteiger partial charge in [-0.15, -0.1) is 0 Å². The predicted octanol–water partition coefficient (Wildman–Crippen LogP) is 1.94. The van der Waals surface area contributed by atoms with Crippen molar-refractivity contribution in [2.75, 3.05) is 5.32 Å². The van der Waals surface area contributed by atoms with Crippen LogP contribution in [-0.4, -0.2) is 26.3 Å². The number of aromatic nitrogens is 2. The number of rotatable bonds is 3. The van der Waals surface area contributed by atoms with Gasteiger partial charge in [0.05, 0.1) is 17.5 Å². The first-order valence-electron chi connectivity index (χ1n) is 5.11. The van der Waals surface area contributed by atoms with Gasteiger partial charge in [0, 0.05) is 6.20 Å². The number of nitrogens with zero attached hydrogens (tertiary/aromatic N) is 2. The van der Waals surface area contributed by atoms with E-state index in [1.807, 2.05) is 0 Å². The van der Waals surface area contributed by atoms with Crippen molar-refractivity contribution in [1.29, 1.82) is 0 Å². The Bertz CT molecular complexity index is 656. The summed E-state index contributed by atoms with van der Waals surface area (Å²) in [5.74, 6) is -2.72. The van der Waals surface area contributed by atoms with Crippen LogP contribution in [0.15, 0.2) is 18.5 Å². The molecular weight excluding hydrogens is 273 g/mol. The summed E-state index contributed by atoms with van der Waals surface area (Å²) in [5.41, 5.74) is -0.00629. The van der Waals surface area contributed by atoms with Crippen molar-refractivity contribution in [3.63, 3.8) is 0 Å². The van der Waals surface area contributed by atoms with Crippen molar-refractivity contribution in [3.05, 3.63) is 41.1 Å². The molecule has 0 radical (unpaired) electrons. The standard InChI is InChI=1S/C11H8FN3O3S/c1-5-8(11(17)18)10(19-15-5)14-9(16)6-2-3-13-4-7(6)12/h2-4H,1H3,(H,14,16)(H,17,18). The molecule has 0 saturated carbocycles. The van der Waals surface area contributed by atoms with E-state index in [4.69, 9.17) is 5.11 Å². The number of aromatic carboxylic acids is 1. The van der Waals surface area contributed by atoms with Gasteiger partial charge in [-0.1, -0.05) is 0 Å². The van der Waals surface area contributed by atoms with E-state index in [1.54, 1.807) is 0 Å². The van der Waals surface area contributed by atoms with Gasteiger partial charge in [0.2, 0.25) is 0 Å². The van der Waals surface area contributed by atoms with E-state index in [-0.39, 0.29) is 16.1 Å². The smallest absolute Gasteiger partial charge is 0.340 e. The van der Waals surface area contributed by atoms with Crippen LogP contribution in [0.2, 0.25) is 0 Å². The van der Waals surface area contributed by atoms with Crippen LogP contribution in [0.3, 0.4) is 0 Å². The average Bonchev–Trinajstić information content (AvgIpc) is 2.70. The van der Waals surface area contributed by atoms with Crippen molar-refractivity contribution in [1.82, 2.24) is 9.36 Å². The molecule has 0 spiro atoms. The highest BCUT2D eigenvalue weighted by Gasteiger charge is 2.20. The highest BCUT2D eigenvalue weighted by Crippen LogP contribution is 2.25. The Morgan fingerprint density at radius 2 is 2.21 bits per heavy atom. The molecule has 2 rings (SSSR count). The number of amides is 1. The van der Waals surface area contributed by atoms with Gasteiger partial charge >= 0.3 is 5.97 Å². The van der Waals surface area contributed by atoms with Crippen LogP contribution in [0.25, 0.3) is 0 Å². The van der Waals surface area contributed by atoms with Crippen LogP contribution < -0.4 is 5.32 Å². The summed E-state index contributed by atoms with van der Waals surface area (Å²) in [6.45, 7) is 1.52. The van der Waals surface area contributed by atoms with E-state index < -0.39 is 17.7 Å². The number of carbonyl (C=O) groups is 2. The Labute approximate surface area is 111 Å². The first kappa shape index (κ1) is 13.1. The molecule has 1 amide bonds. The third-order valence-corrected chi connectivity index (χ3v) is 3.17. The largest absolute Gasteiger partial charge is 0.478 e. The molecule has 98 valence electrons. The monoisotopic (exact) mass is 281 g/mol. The Morgan fingerprint density at radius 1 is 1.47 bits per heavy atom. The Morgan fingerprint density at radius 3 is 2.84 bits per heavy atom. The van der Waals surface area contributed by atoms with Gasteiger partial charge in [-0.3, -0.25) is 9.78 Å². The van der Waals surface area contributed by atoms with E-state index in [1.165, 1.54) is 19.2 Å². The summed E-state index contributed by atoms with van der Waals surface area (Å²) in [7, 11) is 0. The Kier molecular flexibility index (Phi) is 3.52. The number of carboxylic acids is 1. The fraction of sp³-hybridized carbons (Fsp3) is 0.0909. The van der Waals surface area contributed by atoms with E-state index in [2.05, 4.69) is 14.7 Å². The van der Waals surface area contributed by atoms with E-state index in [0.717, 1.165) is 17.7 Å². The number of carbonyl (C=O) groups excluding carboxylic acids is 1. The maximum absolute atomic E-state index is 13.4. The van der Waals surface area contributed by atoms with Gasteiger partial charge in [0.25, 0.3) is 5.91 Å². The molecule has 2 aromatic rings. The second kappa shape index (κ2) is 5.11. The number of hydrogen-bond donors (Lipinski definition) is 2. The number of halogens is 1. The van der Waals surface area contributed by atoms with Crippen LogP contribution in [0, 0.1) is 12.7 Å². The molecular formula is C11H8FN3O3S. The molecule has 0 unspecified atom stereocenters. The van der Waals surface area contributed by atoms with E-state index >= 15 is 0 Å². The van der Waals surface area contributed by atoms with Crippen molar-refractivity contribution in [3.8, 4) is 0 Å². The number of nitrogens with one attached hydrogen (secondary N) is 1. The maximum Gasteiger partial charge on any atom is 0.340 e. The molecule has 0 bridgehead atoms. The second-order valence-corrected chi connectivity index (χ2v) is 4.36. The molecule has 19 heavy (non-hydrogen) atoms.